The highest BCUT2D eigenvalue weighted by Gasteiger charge is 1.96. The van der Waals surface area contributed by atoms with E-state index in [9.17, 15) is 0 Å². The number of ether oxygens (including phenoxy) is 4. The Hall–Kier alpha value is -0.240. The van der Waals surface area contributed by atoms with E-state index in [4.69, 9.17) is 28.7 Å². The van der Waals surface area contributed by atoms with Crippen molar-refractivity contribution in [2.75, 3.05) is 66.1 Å². The SMILES string of the molecule is C1CCOCCOCCOOCCOCCOC1. The Morgan fingerprint density at radius 2 is 0.667 bits per heavy atom. The van der Waals surface area contributed by atoms with Crippen LogP contribution in [0.3, 0.4) is 0 Å². The topological polar surface area (TPSA) is 55.4 Å². The first kappa shape index (κ1) is 15.8. The van der Waals surface area contributed by atoms with Crippen molar-refractivity contribution in [3.63, 3.8) is 0 Å². The van der Waals surface area contributed by atoms with Crippen LogP contribution in [-0.4, -0.2) is 66.1 Å². The highest BCUT2D eigenvalue weighted by molar-refractivity contribution is 4.40. The van der Waals surface area contributed by atoms with Crippen LogP contribution in [0.25, 0.3) is 0 Å². The van der Waals surface area contributed by atoms with E-state index in [1.165, 1.54) is 0 Å². The molecule has 0 aromatic rings. The molecule has 1 aliphatic rings. The van der Waals surface area contributed by atoms with Gasteiger partial charge in [0.15, 0.2) is 0 Å². The van der Waals surface area contributed by atoms with Crippen LogP contribution in [0.15, 0.2) is 0 Å². The van der Waals surface area contributed by atoms with Crippen LogP contribution >= 0.6 is 0 Å². The predicted molar refractivity (Wildman–Crippen MR) is 64.4 cm³/mol. The summed E-state index contributed by atoms with van der Waals surface area (Å²) in [5.41, 5.74) is 0. The van der Waals surface area contributed by atoms with Crippen molar-refractivity contribution in [1.29, 1.82) is 0 Å². The fraction of sp³-hybridized carbons (Fsp3) is 1.00. The third-order valence-corrected chi connectivity index (χ3v) is 2.28. The van der Waals surface area contributed by atoms with E-state index < -0.39 is 0 Å². The Morgan fingerprint density at radius 3 is 1.11 bits per heavy atom. The summed E-state index contributed by atoms with van der Waals surface area (Å²) in [6.45, 7) is 5.78. The van der Waals surface area contributed by atoms with E-state index in [0.29, 0.717) is 52.9 Å². The fourth-order valence-electron chi connectivity index (χ4n) is 1.36. The van der Waals surface area contributed by atoms with Crippen LogP contribution in [-0.2, 0) is 28.7 Å². The maximum absolute atomic E-state index is 5.40. The molecule has 1 aliphatic heterocycles. The van der Waals surface area contributed by atoms with Crippen molar-refractivity contribution in [3.8, 4) is 0 Å². The monoisotopic (exact) mass is 264 g/mol. The molecule has 1 fully saturated rings. The Morgan fingerprint density at radius 1 is 0.333 bits per heavy atom. The molecule has 6 heteroatoms. The predicted octanol–water partition coefficient (Wildman–Crippen LogP) is 0.795. The molecule has 0 saturated carbocycles. The van der Waals surface area contributed by atoms with Crippen molar-refractivity contribution in [1.82, 2.24) is 0 Å². The molecule has 0 unspecified atom stereocenters. The summed E-state index contributed by atoms with van der Waals surface area (Å²) in [4.78, 5) is 9.80. The van der Waals surface area contributed by atoms with Gasteiger partial charge in [0.25, 0.3) is 0 Å². The van der Waals surface area contributed by atoms with Gasteiger partial charge in [0.2, 0.25) is 0 Å². The van der Waals surface area contributed by atoms with Gasteiger partial charge in [-0.3, -0.25) is 0 Å². The minimum Gasteiger partial charge on any atom is -0.379 e. The van der Waals surface area contributed by atoms with E-state index in [0.717, 1.165) is 26.1 Å². The van der Waals surface area contributed by atoms with E-state index in [2.05, 4.69) is 0 Å². The van der Waals surface area contributed by atoms with Gasteiger partial charge in [0.05, 0.1) is 39.6 Å². The van der Waals surface area contributed by atoms with Crippen molar-refractivity contribution < 1.29 is 28.7 Å². The average Bonchev–Trinajstić information content (AvgIpc) is 2.39. The van der Waals surface area contributed by atoms with Crippen molar-refractivity contribution in [2.24, 2.45) is 0 Å². The average molecular weight is 264 g/mol. The molecule has 1 heterocycles. The molecule has 0 aromatic heterocycles. The zero-order valence-corrected chi connectivity index (χ0v) is 10.9. The molecule has 0 aromatic carbocycles. The lowest BCUT2D eigenvalue weighted by atomic mass is 10.3. The summed E-state index contributed by atoms with van der Waals surface area (Å²) in [7, 11) is 0. The second-order valence-corrected chi connectivity index (χ2v) is 3.80. The molecule has 1 saturated heterocycles. The molecule has 6 nitrogen and oxygen atoms in total. The zero-order valence-electron chi connectivity index (χ0n) is 10.9. The number of hydrogen-bond donors (Lipinski definition) is 0. The smallest absolute Gasteiger partial charge is 0.106 e. The number of hydrogen-bond acceptors (Lipinski definition) is 6. The first-order valence-electron chi connectivity index (χ1n) is 6.55. The molecule has 0 amide bonds. The van der Waals surface area contributed by atoms with Crippen LogP contribution in [0.1, 0.15) is 12.8 Å². The normalized spacial score (nSPS) is 24.0. The molecule has 18 heavy (non-hydrogen) atoms. The van der Waals surface area contributed by atoms with Crippen LogP contribution < -0.4 is 0 Å². The molecule has 0 spiro atoms. The van der Waals surface area contributed by atoms with E-state index in [-0.39, 0.29) is 0 Å². The summed E-state index contributed by atoms with van der Waals surface area (Å²) >= 11 is 0. The molecule has 108 valence electrons. The largest absolute Gasteiger partial charge is 0.379 e. The summed E-state index contributed by atoms with van der Waals surface area (Å²) < 4.78 is 21.4. The van der Waals surface area contributed by atoms with Gasteiger partial charge in [-0.15, -0.1) is 0 Å². The Labute approximate surface area is 108 Å². The maximum atomic E-state index is 5.40. The summed E-state index contributed by atoms with van der Waals surface area (Å²) in [6, 6.07) is 0. The van der Waals surface area contributed by atoms with Gasteiger partial charge in [-0.1, -0.05) is 0 Å². The van der Waals surface area contributed by atoms with Gasteiger partial charge in [-0.05, 0) is 12.8 Å². The van der Waals surface area contributed by atoms with Crippen LogP contribution in [0.2, 0.25) is 0 Å². The molecule has 0 bridgehead atoms. The van der Waals surface area contributed by atoms with Gasteiger partial charge in [-0.25, -0.2) is 9.78 Å². The quantitative estimate of drug-likeness (QED) is 0.603. The first-order chi connectivity index (χ1) is 9.00. The molecule has 0 radical (unpaired) electrons. The maximum Gasteiger partial charge on any atom is 0.106 e. The van der Waals surface area contributed by atoms with E-state index >= 15 is 0 Å². The zero-order chi connectivity index (χ0) is 12.7. The minimum atomic E-state index is 0.420. The lowest BCUT2D eigenvalue weighted by Crippen LogP contribution is -2.13. The van der Waals surface area contributed by atoms with E-state index in [1.807, 2.05) is 0 Å². The standard InChI is InChI=1S/C12H24O6/c1-2-4-14-6-8-16-10-12-18-17-11-9-15-7-5-13-3-1/h1-12H2. The first-order valence-corrected chi connectivity index (χ1v) is 6.55. The second-order valence-electron chi connectivity index (χ2n) is 3.80. The molecular formula is C12H24O6. The third-order valence-electron chi connectivity index (χ3n) is 2.28. The lowest BCUT2D eigenvalue weighted by molar-refractivity contribution is -0.303. The minimum absolute atomic E-state index is 0.420. The van der Waals surface area contributed by atoms with Crippen LogP contribution in [0.5, 0.6) is 0 Å². The van der Waals surface area contributed by atoms with Gasteiger partial charge >= 0.3 is 0 Å². The van der Waals surface area contributed by atoms with E-state index in [1.54, 1.807) is 0 Å². The third kappa shape index (κ3) is 10.9. The highest BCUT2D eigenvalue weighted by atomic mass is 17.2. The molecule has 0 aliphatic carbocycles. The molecule has 0 N–H and O–H groups in total. The summed E-state index contributed by atoms with van der Waals surface area (Å²) in [5.74, 6) is 0. The Balaban J connectivity index is 2.00. The summed E-state index contributed by atoms with van der Waals surface area (Å²) in [6.07, 6.45) is 2.02. The van der Waals surface area contributed by atoms with Crippen molar-refractivity contribution in [2.45, 2.75) is 12.8 Å². The fourth-order valence-corrected chi connectivity index (χ4v) is 1.36. The van der Waals surface area contributed by atoms with Crippen molar-refractivity contribution >= 4 is 0 Å². The molecule has 1 rings (SSSR count). The second kappa shape index (κ2) is 13.2. The summed E-state index contributed by atoms with van der Waals surface area (Å²) in [5, 5.41) is 0. The molecular weight excluding hydrogens is 240 g/mol. The van der Waals surface area contributed by atoms with Gasteiger partial charge < -0.3 is 18.9 Å². The van der Waals surface area contributed by atoms with Crippen molar-refractivity contribution in [3.05, 3.63) is 0 Å². The van der Waals surface area contributed by atoms with Gasteiger partial charge in [0.1, 0.15) is 13.2 Å². The Bertz CT molecular complexity index is 91.6. The Kier molecular flexibility index (Phi) is 11.6. The van der Waals surface area contributed by atoms with Crippen LogP contribution in [0.4, 0.5) is 0 Å². The van der Waals surface area contributed by atoms with Gasteiger partial charge in [0, 0.05) is 13.2 Å². The number of rotatable bonds is 0. The van der Waals surface area contributed by atoms with Gasteiger partial charge in [-0.2, -0.15) is 0 Å². The lowest BCUT2D eigenvalue weighted by Gasteiger charge is -2.09. The highest BCUT2D eigenvalue weighted by Crippen LogP contribution is 1.93. The van der Waals surface area contributed by atoms with Crippen LogP contribution in [0, 0.1) is 0 Å². The molecule has 0 atom stereocenters.